The molecule has 0 spiro atoms. The Morgan fingerprint density at radius 1 is 1.14 bits per heavy atom. The third-order valence-corrected chi connectivity index (χ3v) is 4.73. The Morgan fingerprint density at radius 2 is 1.77 bits per heavy atom. The Bertz CT molecular complexity index is 663. The van der Waals surface area contributed by atoms with Gasteiger partial charge in [-0.3, -0.25) is 4.79 Å². The highest BCUT2D eigenvalue weighted by Gasteiger charge is 2.11. The molecule has 1 N–H and O–H groups in total. The van der Waals surface area contributed by atoms with Crippen LogP contribution in [-0.4, -0.2) is 20.1 Å². The van der Waals surface area contributed by atoms with E-state index in [0.29, 0.717) is 23.6 Å². The molecule has 22 heavy (non-hydrogen) atoms. The fourth-order valence-corrected chi connectivity index (χ4v) is 2.67. The normalized spacial score (nSPS) is 10.2. The summed E-state index contributed by atoms with van der Waals surface area (Å²) in [5.74, 6) is 1.32. The van der Waals surface area contributed by atoms with Crippen molar-refractivity contribution in [2.75, 3.05) is 14.2 Å². The van der Waals surface area contributed by atoms with Crippen molar-refractivity contribution in [3.8, 4) is 11.5 Å². The molecule has 2 aromatic carbocycles. The summed E-state index contributed by atoms with van der Waals surface area (Å²) in [5, 5.41) is 2.93. The molecule has 4 nitrogen and oxygen atoms in total. The van der Waals surface area contributed by atoms with Gasteiger partial charge in [-0.15, -0.1) is 0 Å². The van der Waals surface area contributed by atoms with E-state index in [4.69, 9.17) is 9.47 Å². The highest BCUT2D eigenvalue weighted by atomic mass is 127. The Hall–Kier alpha value is -1.76. The average Bonchev–Trinajstić information content (AvgIpc) is 2.54. The highest BCUT2D eigenvalue weighted by Crippen LogP contribution is 2.22. The SMILES string of the molecule is COc1cc(CNC(=O)c2cccc(C)c2I)cc(OC)c1. The number of hydrogen-bond acceptors (Lipinski definition) is 3. The Kier molecular flexibility index (Phi) is 5.65. The van der Waals surface area contributed by atoms with Gasteiger partial charge in [0.15, 0.2) is 0 Å². The lowest BCUT2D eigenvalue weighted by atomic mass is 10.1. The van der Waals surface area contributed by atoms with Gasteiger partial charge in [-0.05, 0) is 58.8 Å². The van der Waals surface area contributed by atoms with Crippen LogP contribution in [0.5, 0.6) is 11.5 Å². The molecule has 116 valence electrons. The molecular formula is C17H18INO3. The van der Waals surface area contributed by atoms with Crippen molar-refractivity contribution in [1.82, 2.24) is 5.32 Å². The summed E-state index contributed by atoms with van der Waals surface area (Å²) < 4.78 is 11.4. The zero-order chi connectivity index (χ0) is 16.1. The number of ether oxygens (including phenoxy) is 2. The van der Waals surface area contributed by atoms with E-state index in [9.17, 15) is 4.79 Å². The van der Waals surface area contributed by atoms with E-state index in [1.165, 1.54) is 0 Å². The minimum atomic E-state index is -0.0881. The molecule has 0 unspecified atom stereocenters. The van der Waals surface area contributed by atoms with Crippen molar-refractivity contribution < 1.29 is 14.3 Å². The number of carbonyl (C=O) groups is 1. The lowest BCUT2D eigenvalue weighted by Gasteiger charge is -2.11. The zero-order valence-electron chi connectivity index (χ0n) is 12.8. The lowest BCUT2D eigenvalue weighted by Crippen LogP contribution is -2.24. The number of benzene rings is 2. The van der Waals surface area contributed by atoms with Crippen LogP contribution in [0.2, 0.25) is 0 Å². The molecule has 0 saturated heterocycles. The summed E-state index contributed by atoms with van der Waals surface area (Å²) in [6.45, 7) is 2.40. The molecule has 0 aliphatic heterocycles. The second-order valence-corrected chi connectivity index (χ2v) is 5.92. The molecule has 1 amide bonds. The lowest BCUT2D eigenvalue weighted by molar-refractivity contribution is 0.0950. The van der Waals surface area contributed by atoms with Gasteiger partial charge in [0.25, 0.3) is 5.91 Å². The quantitative estimate of drug-likeness (QED) is 0.766. The number of halogens is 1. The van der Waals surface area contributed by atoms with E-state index in [-0.39, 0.29) is 5.91 Å². The maximum Gasteiger partial charge on any atom is 0.252 e. The van der Waals surface area contributed by atoms with Crippen molar-refractivity contribution in [3.05, 3.63) is 56.7 Å². The van der Waals surface area contributed by atoms with E-state index in [1.54, 1.807) is 20.3 Å². The van der Waals surface area contributed by atoms with E-state index < -0.39 is 0 Å². The number of hydrogen-bond donors (Lipinski definition) is 1. The Morgan fingerprint density at radius 3 is 2.36 bits per heavy atom. The van der Waals surface area contributed by atoms with Gasteiger partial charge in [-0.25, -0.2) is 0 Å². The maximum absolute atomic E-state index is 12.3. The second-order valence-electron chi connectivity index (χ2n) is 4.84. The van der Waals surface area contributed by atoms with Gasteiger partial charge in [-0.1, -0.05) is 12.1 Å². The number of rotatable bonds is 5. The van der Waals surface area contributed by atoms with Crippen molar-refractivity contribution in [1.29, 1.82) is 0 Å². The number of methoxy groups -OCH3 is 2. The van der Waals surface area contributed by atoms with E-state index >= 15 is 0 Å². The summed E-state index contributed by atoms with van der Waals surface area (Å²) in [7, 11) is 3.21. The van der Waals surface area contributed by atoms with E-state index in [0.717, 1.165) is 14.7 Å². The molecule has 0 aromatic heterocycles. The minimum absolute atomic E-state index is 0.0881. The first-order valence-electron chi connectivity index (χ1n) is 6.80. The zero-order valence-corrected chi connectivity index (χ0v) is 14.9. The molecule has 0 aliphatic rings. The standard InChI is InChI=1S/C17H18INO3/c1-11-5-4-6-15(16(11)18)17(20)19-10-12-7-13(21-2)9-14(8-12)22-3/h4-9H,10H2,1-3H3,(H,19,20). The average molecular weight is 411 g/mol. The monoisotopic (exact) mass is 411 g/mol. The fraction of sp³-hybridized carbons (Fsp3) is 0.235. The van der Waals surface area contributed by atoms with Gasteiger partial charge in [0.2, 0.25) is 0 Å². The predicted molar refractivity (Wildman–Crippen MR) is 94.6 cm³/mol. The smallest absolute Gasteiger partial charge is 0.252 e. The van der Waals surface area contributed by atoms with Gasteiger partial charge in [0.05, 0.1) is 19.8 Å². The van der Waals surface area contributed by atoms with Crippen molar-refractivity contribution in [2.45, 2.75) is 13.5 Å². The molecule has 2 rings (SSSR count). The molecular weight excluding hydrogens is 393 g/mol. The first-order valence-corrected chi connectivity index (χ1v) is 7.88. The fourth-order valence-electron chi connectivity index (χ4n) is 2.07. The maximum atomic E-state index is 12.3. The van der Waals surface area contributed by atoms with Crippen LogP contribution in [0.4, 0.5) is 0 Å². The van der Waals surface area contributed by atoms with Crippen LogP contribution >= 0.6 is 22.6 Å². The molecule has 2 aromatic rings. The first kappa shape index (κ1) is 16.6. The topological polar surface area (TPSA) is 47.6 Å². The van der Waals surface area contributed by atoms with Gasteiger partial charge < -0.3 is 14.8 Å². The van der Waals surface area contributed by atoms with Crippen molar-refractivity contribution >= 4 is 28.5 Å². The molecule has 0 heterocycles. The predicted octanol–water partition coefficient (Wildman–Crippen LogP) is 3.55. The van der Waals surface area contributed by atoms with E-state index in [1.807, 2.05) is 37.3 Å². The minimum Gasteiger partial charge on any atom is -0.497 e. The summed E-state index contributed by atoms with van der Waals surface area (Å²) in [6, 6.07) is 11.3. The van der Waals surface area contributed by atoms with Crippen LogP contribution in [0.25, 0.3) is 0 Å². The molecule has 0 fully saturated rings. The number of nitrogens with one attached hydrogen (secondary N) is 1. The van der Waals surface area contributed by atoms with Crippen LogP contribution in [0.15, 0.2) is 36.4 Å². The Balaban J connectivity index is 2.12. The summed E-state index contributed by atoms with van der Waals surface area (Å²) in [6.07, 6.45) is 0. The van der Waals surface area contributed by atoms with Gasteiger partial charge in [0, 0.05) is 16.2 Å². The number of carbonyl (C=O) groups excluding carboxylic acids is 1. The van der Waals surface area contributed by atoms with Crippen LogP contribution in [0.3, 0.4) is 0 Å². The molecule has 5 heteroatoms. The summed E-state index contributed by atoms with van der Waals surface area (Å²) >= 11 is 2.20. The molecule has 0 saturated carbocycles. The number of amides is 1. The number of aryl methyl sites for hydroxylation is 1. The Labute approximate surface area is 144 Å². The van der Waals surface area contributed by atoms with Crippen LogP contribution in [0, 0.1) is 10.5 Å². The largest absolute Gasteiger partial charge is 0.497 e. The third-order valence-electron chi connectivity index (χ3n) is 3.30. The van der Waals surface area contributed by atoms with Gasteiger partial charge in [0.1, 0.15) is 11.5 Å². The van der Waals surface area contributed by atoms with Crippen LogP contribution < -0.4 is 14.8 Å². The van der Waals surface area contributed by atoms with E-state index in [2.05, 4.69) is 27.9 Å². The van der Waals surface area contributed by atoms with Crippen molar-refractivity contribution in [3.63, 3.8) is 0 Å². The summed E-state index contributed by atoms with van der Waals surface area (Å²) in [4.78, 5) is 12.3. The van der Waals surface area contributed by atoms with Crippen LogP contribution in [0.1, 0.15) is 21.5 Å². The third kappa shape index (κ3) is 3.91. The summed E-state index contributed by atoms with van der Waals surface area (Å²) in [5.41, 5.74) is 2.71. The molecule has 0 aliphatic carbocycles. The van der Waals surface area contributed by atoms with Gasteiger partial charge in [-0.2, -0.15) is 0 Å². The van der Waals surface area contributed by atoms with Crippen LogP contribution in [-0.2, 0) is 6.54 Å². The highest BCUT2D eigenvalue weighted by molar-refractivity contribution is 14.1. The second kappa shape index (κ2) is 7.49. The molecule has 0 radical (unpaired) electrons. The van der Waals surface area contributed by atoms with Gasteiger partial charge >= 0.3 is 0 Å². The molecule has 0 bridgehead atoms. The molecule has 0 atom stereocenters. The van der Waals surface area contributed by atoms with Crippen molar-refractivity contribution in [2.24, 2.45) is 0 Å². The first-order chi connectivity index (χ1) is 10.5.